The minimum Gasteiger partial charge on any atom is -0.494 e. The average Bonchev–Trinajstić information content (AvgIpc) is 3.14. The summed E-state index contributed by atoms with van der Waals surface area (Å²) in [6.45, 7) is 5.22. The zero-order valence-corrected chi connectivity index (χ0v) is 11.0. The van der Waals surface area contributed by atoms with Gasteiger partial charge < -0.3 is 15.4 Å². The number of amides is 1. The zero-order chi connectivity index (χ0) is 13.1. The van der Waals surface area contributed by atoms with E-state index in [0.717, 1.165) is 19.4 Å². The molecule has 1 saturated carbocycles. The van der Waals surface area contributed by atoms with Crippen molar-refractivity contribution < 1.29 is 9.53 Å². The first-order valence-electron chi connectivity index (χ1n) is 6.50. The Balaban J connectivity index is 2.22. The highest BCUT2D eigenvalue weighted by atomic mass is 16.5. The Kier molecular flexibility index (Phi) is 3.75. The Hall–Kier alpha value is -1.71. The maximum absolute atomic E-state index is 12.4. The number of nitrogens with zero attached hydrogens (tertiary/aromatic N) is 1. The highest BCUT2D eigenvalue weighted by Gasteiger charge is 2.32. The van der Waals surface area contributed by atoms with Crippen molar-refractivity contribution in [1.82, 2.24) is 4.90 Å². The van der Waals surface area contributed by atoms with E-state index in [1.165, 1.54) is 0 Å². The number of carbonyl (C=O) groups is 1. The van der Waals surface area contributed by atoms with Crippen molar-refractivity contribution in [2.45, 2.75) is 32.7 Å². The molecule has 1 amide bonds. The molecule has 0 unspecified atom stereocenters. The van der Waals surface area contributed by atoms with E-state index in [2.05, 4.69) is 0 Å². The molecule has 0 saturated heterocycles. The van der Waals surface area contributed by atoms with Crippen molar-refractivity contribution in [1.29, 1.82) is 0 Å². The molecule has 0 atom stereocenters. The number of nitrogens with two attached hydrogens (primary N) is 1. The van der Waals surface area contributed by atoms with Crippen LogP contribution in [0, 0.1) is 0 Å². The number of ether oxygens (including phenoxy) is 1. The van der Waals surface area contributed by atoms with Crippen LogP contribution in [0.15, 0.2) is 18.2 Å². The highest BCUT2D eigenvalue weighted by Crippen LogP contribution is 2.29. The van der Waals surface area contributed by atoms with Crippen LogP contribution >= 0.6 is 0 Å². The molecule has 98 valence electrons. The molecule has 1 aromatic carbocycles. The summed E-state index contributed by atoms with van der Waals surface area (Å²) in [6.07, 6.45) is 2.22. The molecule has 1 aliphatic carbocycles. The van der Waals surface area contributed by atoms with Crippen LogP contribution < -0.4 is 10.5 Å². The van der Waals surface area contributed by atoms with Gasteiger partial charge in [0.1, 0.15) is 5.75 Å². The molecule has 1 aliphatic rings. The van der Waals surface area contributed by atoms with Gasteiger partial charge in [0.15, 0.2) is 0 Å². The number of nitrogen functional groups attached to an aromatic ring is 1. The number of anilines is 1. The van der Waals surface area contributed by atoms with E-state index in [1.807, 2.05) is 18.7 Å². The fraction of sp³-hybridized carbons (Fsp3) is 0.500. The molecule has 0 radical (unpaired) electrons. The Morgan fingerprint density at radius 1 is 1.39 bits per heavy atom. The summed E-state index contributed by atoms with van der Waals surface area (Å²) in [4.78, 5) is 14.3. The van der Waals surface area contributed by atoms with Gasteiger partial charge in [0.05, 0.1) is 6.61 Å². The van der Waals surface area contributed by atoms with Crippen LogP contribution in [0.2, 0.25) is 0 Å². The van der Waals surface area contributed by atoms with Crippen LogP contribution in [0.1, 0.15) is 37.0 Å². The Morgan fingerprint density at radius 3 is 2.67 bits per heavy atom. The first-order valence-corrected chi connectivity index (χ1v) is 6.50. The predicted molar refractivity (Wildman–Crippen MR) is 71.8 cm³/mol. The monoisotopic (exact) mass is 248 g/mol. The molecule has 0 aliphatic heterocycles. The first-order chi connectivity index (χ1) is 8.65. The smallest absolute Gasteiger partial charge is 0.254 e. The topological polar surface area (TPSA) is 55.6 Å². The third kappa shape index (κ3) is 2.75. The van der Waals surface area contributed by atoms with Crippen molar-refractivity contribution >= 4 is 11.6 Å². The van der Waals surface area contributed by atoms with Crippen molar-refractivity contribution in [3.63, 3.8) is 0 Å². The van der Waals surface area contributed by atoms with Gasteiger partial charge in [0.25, 0.3) is 5.91 Å². The van der Waals surface area contributed by atoms with E-state index < -0.39 is 0 Å². The van der Waals surface area contributed by atoms with Crippen LogP contribution in [0.3, 0.4) is 0 Å². The summed E-state index contributed by atoms with van der Waals surface area (Å²) in [6, 6.07) is 5.65. The van der Waals surface area contributed by atoms with Gasteiger partial charge in [-0.1, -0.05) is 0 Å². The highest BCUT2D eigenvalue weighted by molar-refractivity contribution is 5.96. The third-order valence-electron chi connectivity index (χ3n) is 3.08. The quantitative estimate of drug-likeness (QED) is 0.813. The number of rotatable bonds is 5. The SMILES string of the molecule is CCOc1cc(N)cc(C(=O)N(CC)C2CC2)c1. The van der Waals surface area contributed by atoms with Gasteiger partial charge in [-0.2, -0.15) is 0 Å². The molecule has 1 fully saturated rings. The fourth-order valence-electron chi connectivity index (χ4n) is 2.12. The van der Waals surface area contributed by atoms with Crippen molar-refractivity contribution in [2.75, 3.05) is 18.9 Å². The minimum atomic E-state index is 0.0493. The molecule has 4 heteroatoms. The minimum absolute atomic E-state index is 0.0493. The van der Waals surface area contributed by atoms with E-state index >= 15 is 0 Å². The van der Waals surface area contributed by atoms with Crippen molar-refractivity contribution in [3.8, 4) is 5.75 Å². The molecular formula is C14H20N2O2. The van der Waals surface area contributed by atoms with Gasteiger partial charge >= 0.3 is 0 Å². The largest absolute Gasteiger partial charge is 0.494 e. The summed E-state index contributed by atoms with van der Waals surface area (Å²) in [5.41, 5.74) is 6.99. The van der Waals surface area contributed by atoms with Crippen molar-refractivity contribution in [3.05, 3.63) is 23.8 Å². The number of carbonyl (C=O) groups excluding carboxylic acids is 1. The summed E-state index contributed by atoms with van der Waals surface area (Å²) in [5.74, 6) is 0.709. The Morgan fingerprint density at radius 2 is 2.11 bits per heavy atom. The van der Waals surface area contributed by atoms with E-state index in [4.69, 9.17) is 10.5 Å². The zero-order valence-electron chi connectivity index (χ0n) is 11.0. The van der Waals surface area contributed by atoms with Gasteiger partial charge in [0, 0.05) is 29.9 Å². The number of hydrogen-bond acceptors (Lipinski definition) is 3. The third-order valence-corrected chi connectivity index (χ3v) is 3.08. The normalized spacial score (nSPS) is 14.3. The lowest BCUT2D eigenvalue weighted by molar-refractivity contribution is 0.0752. The number of hydrogen-bond donors (Lipinski definition) is 1. The summed E-state index contributed by atoms with van der Waals surface area (Å²) >= 11 is 0. The first kappa shape index (κ1) is 12.7. The molecular weight excluding hydrogens is 228 g/mol. The Labute approximate surface area is 108 Å². The van der Waals surface area contributed by atoms with Gasteiger partial charge in [-0.05, 0) is 38.8 Å². The second-order valence-electron chi connectivity index (χ2n) is 4.55. The van der Waals surface area contributed by atoms with Crippen LogP contribution in [0.4, 0.5) is 5.69 Å². The fourth-order valence-corrected chi connectivity index (χ4v) is 2.12. The van der Waals surface area contributed by atoms with E-state index in [9.17, 15) is 4.79 Å². The van der Waals surface area contributed by atoms with Gasteiger partial charge in [-0.25, -0.2) is 0 Å². The molecule has 0 bridgehead atoms. The van der Waals surface area contributed by atoms with E-state index in [-0.39, 0.29) is 5.91 Å². The molecule has 0 aromatic heterocycles. The van der Waals surface area contributed by atoms with Crippen LogP contribution in [-0.4, -0.2) is 30.0 Å². The predicted octanol–water partition coefficient (Wildman–Crippen LogP) is 2.29. The molecule has 18 heavy (non-hydrogen) atoms. The molecule has 2 rings (SSSR count). The maximum atomic E-state index is 12.4. The van der Waals surface area contributed by atoms with E-state index in [1.54, 1.807) is 18.2 Å². The van der Waals surface area contributed by atoms with Gasteiger partial charge in [0.2, 0.25) is 0 Å². The van der Waals surface area contributed by atoms with Crippen molar-refractivity contribution in [2.24, 2.45) is 0 Å². The second kappa shape index (κ2) is 5.29. The lowest BCUT2D eigenvalue weighted by atomic mass is 10.1. The van der Waals surface area contributed by atoms with Gasteiger partial charge in [-0.3, -0.25) is 4.79 Å². The number of benzene rings is 1. The van der Waals surface area contributed by atoms with Crippen LogP contribution in [0.5, 0.6) is 5.75 Å². The van der Waals surface area contributed by atoms with Crippen LogP contribution in [-0.2, 0) is 0 Å². The maximum Gasteiger partial charge on any atom is 0.254 e. The standard InChI is InChI=1S/C14H20N2O2/c1-3-16(12-5-6-12)14(17)10-7-11(15)9-13(8-10)18-4-2/h7-9,12H,3-6,15H2,1-2H3. The molecule has 2 N–H and O–H groups in total. The Bertz CT molecular complexity index is 441. The lowest BCUT2D eigenvalue weighted by Crippen LogP contribution is -2.32. The molecule has 4 nitrogen and oxygen atoms in total. The van der Waals surface area contributed by atoms with Crippen LogP contribution in [0.25, 0.3) is 0 Å². The summed E-state index contributed by atoms with van der Waals surface area (Å²) < 4.78 is 5.42. The molecule has 0 heterocycles. The average molecular weight is 248 g/mol. The molecule has 1 aromatic rings. The molecule has 0 spiro atoms. The van der Waals surface area contributed by atoms with Gasteiger partial charge in [-0.15, -0.1) is 0 Å². The van der Waals surface area contributed by atoms with E-state index in [0.29, 0.717) is 29.6 Å². The lowest BCUT2D eigenvalue weighted by Gasteiger charge is -2.21. The second-order valence-corrected chi connectivity index (χ2v) is 4.55. The summed E-state index contributed by atoms with van der Waals surface area (Å²) in [7, 11) is 0. The summed E-state index contributed by atoms with van der Waals surface area (Å²) in [5, 5.41) is 0.